The molecule has 1 heterocycles. The van der Waals surface area contributed by atoms with Crippen LogP contribution in [0.5, 0.6) is 0 Å². The van der Waals surface area contributed by atoms with Gasteiger partial charge in [0.1, 0.15) is 0 Å². The van der Waals surface area contributed by atoms with Gasteiger partial charge in [0.25, 0.3) is 0 Å². The summed E-state index contributed by atoms with van der Waals surface area (Å²) in [7, 11) is -3.39. The fraction of sp³-hybridized carbons (Fsp3) is 0.368. The third kappa shape index (κ3) is 4.04. The quantitative estimate of drug-likeness (QED) is 0.876. The second kappa shape index (κ2) is 7.92. The Labute approximate surface area is 144 Å². The number of rotatable bonds is 6. The summed E-state index contributed by atoms with van der Waals surface area (Å²) in [5, 5.41) is 3.35. The van der Waals surface area contributed by atoms with Crippen LogP contribution in [-0.4, -0.2) is 25.8 Å². The van der Waals surface area contributed by atoms with Crippen LogP contribution >= 0.6 is 0 Å². The van der Waals surface area contributed by atoms with Crippen LogP contribution in [0.2, 0.25) is 0 Å². The number of hydrogen-bond donors (Lipinski definition) is 1. The van der Waals surface area contributed by atoms with E-state index in [0.717, 1.165) is 31.4 Å². The van der Waals surface area contributed by atoms with Gasteiger partial charge >= 0.3 is 0 Å². The zero-order chi connectivity index (χ0) is 16.8. The molecule has 1 aliphatic rings. The van der Waals surface area contributed by atoms with Gasteiger partial charge in [-0.15, -0.1) is 0 Å². The molecular formula is C19H24N2O2S. The van der Waals surface area contributed by atoms with Crippen molar-refractivity contribution in [3.63, 3.8) is 0 Å². The Bertz CT molecular complexity index is 754. The van der Waals surface area contributed by atoms with Crippen LogP contribution in [0.3, 0.4) is 0 Å². The molecule has 1 aliphatic heterocycles. The van der Waals surface area contributed by atoms with Crippen LogP contribution in [0.25, 0.3) is 0 Å². The minimum absolute atomic E-state index is 0.437. The van der Waals surface area contributed by atoms with Crippen LogP contribution in [0, 0.1) is 0 Å². The van der Waals surface area contributed by atoms with Crippen molar-refractivity contribution in [2.24, 2.45) is 0 Å². The number of hydrogen-bond acceptors (Lipinski definition) is 3. The van der Waals surface area contributed by atoms with Gasteiger partial charge in [-0.05, 0) is 30.0 Å². The van der Waals surface area contributed by atoms with Gasteiger partial charge in [0.2, 0.25) is 10.0 Å². The molecule has 0 atom stereocenters. The normalized spacial score (nSPS) is 16.2. The van der Waals surface area contributed by atoms with E-state index in [2.05, 4.69) is 17.4 Å². The molecule has 5 heteroatoms. The van der Waals surface area contributed by atoms with Crippen LogP contribution in [-0.2, 0) is 23.1 Å². The number of piperidine rings is 1. The summed E-state index contributed by atoms with van der Waals surface area (Å²) in [4.78, 5) is 0.437. The largest absolute Gasteiger partial charge is 0.309 e. The fourth-order valence-electron chi connectivity index (χ4n) is 3.08. The van der Waals surface area contributed by atoms with E-state index in [0.29, 0.717) is 24.5 Å². The molecule has 1 N–H and O–H groups in total. The minimum Gasteiger partial charge on any atom is -0.309 e. The predicted octanol–water partition coefficient (Wildman–Crippen LogP) is 3.15. The van der Waals surface area contributed by atoms with Crippen molar-refractivity contribution < 1.29 is 8.42 Å². The van der Waals surface area contributed by atoms with Gasteiger partial charge in [-0.3, -0.25) is 0 Å². The van der Waals surface area contributed by atoms with E-state index < -0.39 is 10.0 Å². The number of benzene rings is 2. The maximum atomic E-state index is 12.9. The Morgan fingerprint density at radius 2 is 1.50 bits per heavy atom. The molecule has 1 fully saturated rings. The van der Waals surface area contributed by atoms with Crippen molar-refractivity contribution in [2.45, 2.75) is 37.2 Å². The summed E-state index contributed by atoms with van der Waals surface area (Å²) in [6.07, 6.45) is 3.02. The fourth-order valence-corrected chi connectivity index (χ4v) is 4.82. The Balaban J connectivity index is 1.72. The number of sulfonamides is 1. The molecule has 128 valence electrons. The monoisotopic (exact) mass is 344 g/mol. The summed E-state index contributed by atoms with van der Waals surface area (Å²) in [5.74, 6) is 0. The molecule has 0 unspecified atom stereocenters. The zero-order valence-electron chi connectivity index (χ0n) is 13.8. The average molecular weight is 344 g/mol. The first-order valence-corrected chi connectivity index (χ1v) is 9.94. The summed E-state index contributed by atoms with van der Waals surface area (Å²) in [6, 6.07) is 17.4. The molecular weight excluding hydrogens is 320 g/mol. The maximum Gasteiger partial charge on any atom is 0.243 e. The van der Waals surface area contributed by atoms with Crippen LogP contribution in [0.1, 0.15) is 30.4 Å². The highest BCUT2D eigenvalue weighted by molar-refractivity contribution is 7.89. The SMILES string of the molecule is O=S(=O)(c1ccccc1CNCc1ccccc1)N1CCCCC1. The van der Waals surface area contributed by atoms with Crippen molar-refractivity contribution >= 4 is 10.0 Å². The number of nitrogens with zero attached hydrogens (tertiary/aromatic N) is 1. The number of nitrogens with one attached hydrogen (secondary N) is 1. The molecule has 2 aromatic carbocycles. The minimum atomic E-state index is -3.39. The molecule has 2 aromatic rings. The van der Waals surface area contributed by atoms with E-state index in [1.54, 1.807) is 16.4 Å². The van der Waals surface area contributed by atoms with Gasteiger partial charge in [-0.2, -0.15) is 4.31 Å². The van der Waals surface area contributed by atoms with Gasteiger partial charge in [0, 0.05) is 26.2 Å². The molecule has 0 amide bonds. The lowest BCUT2D eigenvalue weighted by molar-refractivity contribution is 0.346. The van der Waals surface area contributed by atoms with Crippen LogP contribution < -0.4 is 5.32 Å². The Hall–Kier alpha value is -1.69. The highest BCUT2D eigenvalue weighted by atomic mass is 32.2. The molecule has 0 bridgehead atoms. The first kappa shape index (κ1) is 17.1. The third-order valence-corrected chi connectivity index (χ3v) is 6.39. The second-order valence-electron chi connectivity index (χ2n) is 6.16. The average Bonchev–Trinajstić information content (AvgIpc) is 2.64. The van der Waals surface area contributed by atoms with E-state index in [9.17, 15) is 8.42 Å². The van der Waals surface area contributed by atoms with Crippen molar-refractivity contribution in [3.05, 3.63) is 65.7 Å². The highest BCUT2D eigenvalue weighted by Crippen LogP contribution is 2.23. The van der Waals surface area contributed by atoms with Crippen LogP contribution in [0.15, 0.2) is 59.5 Å². The second-order valence-corrected chi connectivity index (χ2v) is 8.07. The van der Waals surface area contributed by atoms with Gasteiger partial charge in [-0.25, -0.2) is 8.42 Å². The van der Waals surface area contributed by atoms with Gasteiger partial charge < -0.3 is 5.32 Å². The van der Waals surface area contributed by atoms with Crippen LogP contribution in [0.4, 0.5) is 0 Å². The summed E-state index contributed by atoms with van der Waals surface area (Å²) in [6.45, 7) is 2.53. The van der Waals surface area contributed by atoms with E-state index in [1.165, 1.54) is 5.56 Å². The van der Waals surface area contributed by atoms with Crippen molar-refractivity contribution in [3.8, 4) is 0 Å². The summed E-state index contributed by atoms with van der Waals surface area (Å²) >= 11 is 0. The molecule has 1 saturated heterocycles. The maximum absolute atomic E-state index is 12.9. The molecule has 0 aliphatic carbocycles. The molecule has 24 heavy (non-hydrogen) atoms. The molecule has 0 radical (unpaired) electrons. The van der Waals surface area contributed by atoms with Gasteiger partial charge in [0.15, 0.2) is 0 Å². The Morgan fingerprint density at radius 3 is 2.25 bits per heavy atom. The molecule has 0 spiro atoms. The lowest BCUT2D eigenvalue weighted by atomic mass is 10.2. The molecule has 0 aromatic heterocycles. The standard InChI is InChI=1S/C19H24N2O2S/c22-24(23,21-13-7-2-8-14-21)19-12-6-5-11-18(19)16-20-15-17-9-3-1-4-10-17/h1,3-6,9-12,20H,2,7-8,13-16H2. The summed E-state index contributed by atoms with van der Waals surface area (Å²) in [5.41, 5.74) is 2.02. The first-order valence-electron chi connectivity index (χ1n) is 8.50. The van der Waals surface area contributed by atoms with E-state index in [-0.39, 0.29) is 0 Å². The van der Waals surface area contributed by atoms with E-state index >= 15 is 0 Å². The Kier molecular flexibility index (Phi) is 5.66. The highest BCUT2D eigenvalue weighted by Gasteiger charge is 2.27. The molecule has 4 nitrogen and oxygen atoms in total. The zero-order valence-corrected chi connectivity index (χ0v) is 14.6. The first-order chi connectivity index (χ1) is 11.7. The summed E-state index contributed by atoms with van der Waals surface area (Å²) < 4.78 is 27.5. The predicted molar refractivity (Wildman–Crippen MR) is 96.0 cm³/mol. The van der Waals surface area contributed by atoms with Gasteiger partial charge in [-0.1, -0.05) is 55.0 Å². The smallest absolute Gasteiger partial charge is 0.243 e. The lowest BCUT2D eigenvalue weighted by Gasteiger charge is -2.26. The Morgan fingerprint density at radius 1 is 0.833 bits per heavy atom. The molecule has 0 saturated carbocycles. The lowest BCUT2D eigenvalue weighted by Crippen LogP contribution is -2.36. The van der Waals surface area contributed by atoms with Gasteiger partial charge in [0.05, 0.1) is 4.90 Å². The van der Waals surface area contributed by atoms with E-state index in [4.69, 9.17) is 0 Å². The molecule has 3 rings (SSSR count). The third-order valence-electron chi connectivity index (χ3n) is 4.39. The van der Waals surface area contributed by atoms with Crippen molar-refractivity contribution in [2.75, 3.05) is 13.1 Å². The van der Waals surface area contributed by atoms with E-state index in [1.807, 2.05) is 30.3 Å². The van der Waals surface area contributed by atoms with Crippen molar-refractivity contribution in [1.29, 1.82) is 0 Å². The topological polar surface area (TPSA) is 49.4 Å². The van der Waals surface area contributed by atoms with Crippen molar-refractivity contribution in [1.82, 2.24) is 9.62 Å².